The van der Waals surface area contributed by atoms with Crippen LogP contribution in [0.2, 0.25) is 0 Å². The number of nitrogens with zero attached hydrogens (tertiary/aromatic N) is 3. The minimum atomic E-state index is -7.43. The molecule has 0 atom stereocenters. The summed E-state index contributed by atoms with van der Waals surface area (Å²) in [6, 6.07) is 0. The van der Waals surface area contributed by atoms with Crippen molar-refractivity contribution in [2.75, 3.05) is 36.0 Å². The van der Waals surface area contributed by atoms with E-state index in [1.54, 1.807) is 0 Å². The minimum Gasteiger partial charge on any atom is -0.748 e. The van der Waals surface area contributed by atoms with Crippen molar-refractivity contribution in [3.8, 4) is 0 Å². The van der Waals surface area contributed by atoms with Crippen molar-refractivity contribution in [1.29, 1.82) is 0 Å². The van der Waals surface area contributed by atoms with Crippen LogP contribution in [-0.4, -0.2) is 178 Å². The standard InChI is InChI=1S/C8H18NO4S2.C4HF9O3S.C4H10O3S.C2F6NO4S2.C2H6NO4S2.CHF3O3S.CH4O3S/c1-3-5-7-14(10,11)9-15(12,13)8-6-4-2;5-1(6,3(9,10)11)2(7,8)4(12,13)17(14,15)16;1-2-3-4-8(5,6)7;3-1(4,5)14(10,11)9-15(12,13)2(6,7)8;1-8(4,5)3-9(2,6)7;2-1(3,4)8(5,6)7;1-5(2,3)4/h3-8H2,1-2H3;(H,14,15,16);2-4H2,1H3,(H,5,6,7);;1-2H3;(H,5,6,7);1H3,(H,2,3,4)/q-1;;;2*-1;;/p-4. The Bertz CT molecular complexity index is 2870. The lowest BCUT2D eigenvalue weighted by Crippen LogP contribution is -2.63. The van der Waals surface area contributed by atoms with Gasteiger partial charge in [-0.25, -0.2) is 84.2 Å². The van der Waals surface area contributed by atoms with E-state index in [2.05, 4.69) is 8.25 Å². The first-order valence-electron chi connectivity index (χ1n) is 17.3. The van der Waals surface area contributed by atoms with E-state index in [9.17, 15) is 155 Å². The van der Waals surface area contributed by atoms with E-state index in [1.165, 1.54) is 0 Å². The summed E-state index contributed by atoms with van der Waals surface area (Å²) in [4.78, 5) is 0. The molecule has 77 heavy (non-hydrogen) atoms. The van der Waals surface area contributed by atoms with Crippen molar-refractivity contribution in [3.05, 3.63) is 12.4 Å². The van der Waals surface area contributed by atoms with Crippen LogP contribution >= 0.6 is 0 Å². The lowest BCUT2D eigenvalue weighted by Gasteiger charge is -2.34. The smallest absolute Gasteiger partial charge is 0.485 e. The average molecular weight is 1390 g/mol. The molecule has 0 saturated heterocycles. The second-order valence-corrected chi connectivity index (χ2v) is 29.1. The molecule has 0 amide bonds. The second-order valence-electron chi connectivity index (χ2n) is 12.6. The normalized spacial score (nSPS) is 14.1. The van der Waals surface area contributed by atoms with Crippen LogP contribution in [0.3, 0.4) is 0 Å². The molecule has 0 bridgehead atoms. The van der Waals surface area contributed by atoms with Crippen LogP contribution in [0.1, 0.15) is 59.3 Å². The molecule has 0 N–H and O–H groups in total. The molecule has 0 saturated carbocycles. The molecule has 0 aliphatic rings. The molecule has 0 aromatic heterocycles. The molecule has 0 aromatic carbocycles. The molecule has 0 aliphatic carbocycles. The molecule has 27 nitrogen and oxygen atoms in total. The van der Waals surface area contributed by atoms with Crippen LogP contribution in [0, 0.1) is 0 Å². The van der Waals surface area contributed by atoms with Crippen LogP contribution in [-0.2, 0) is 101 Å². The SMILES string of the molecule is CCCCS(=O)(=O)[N-]S(=O)(=O)CCCC.CCCCS(=O)(=O)[O-].CS(=O)(=O)[N-]S(C)(=O)=O.CS(=O)(=O)[O-].O=S(=O)([N-]S(=O)(=O)C(F)(F)F)C(F)(F)F.O=S(=O)([O-])C(F)(F)C(F)(F)C(F)(F)C(F)(F)F.O=S(=O)([O-])C(F)(F)F. The van der Waals surface area contributed by atoms with Crippen molar-refractivity contribution < 1.29 is 181 Å². The topological polar surface area (TPSA) is 476 Å². The first kappa shape index (κ1) is 88.8. The number of halogens is 18. The summed E-state index contributed by atoms with van der Waals surface area (Å²) in [6.45, 7) is 5.51. The third-order valence-electron chi connectivity index (χ3n) is 5.25. The predicted molar refractivity (Wildman–Crippen MR) is 219 cm³/mol. The quantitative estimate of drug-likeness (QED) is 0.108. The maximum Gasteiger partial charge on any atom is 0.485 e. The molecule has 55 heteroatoms. The van der Waals surface area contributed by atoms with Gasteiger partial charge in [0.05, 0.1) is 60.3 Å². The van der Waals surface area contributed by atoms with Crippen LogP contribution in [0.25, 0.3) is 12.4 Å². The van der Waals surface area contributed by atoms with Crippen molar-refractivity contribution in [2.24, 2.45) is 0 Å². The number of sulfonamides is 6. The first-order valence-corrected chi connectivity index (χ1v) is 33.3. The molecular weight excluding hydrogens is 1350 g/mol. The molecule has 0 fully saturated rings. The number of hydrogen-bond acceptors (Lipinski definition) is 24. The lowest BCUT2D eigenvalue weighted by atomic mass is 10.1. The molecule has 0 radical (unpaired) electrons. The monoisotopic (exact) mass is 1390 g/mol. The van der Waals surface area contributed by atoms with Crippen LogP contribution < -0.4 is 0 Å². The highest BCUT2D eigenvalue weighted by Gasteiger charge is 2.83. The van der Waals surface area contributed by atoms with Gasteiger partial charge < -0.3 is 30.6 Å². The maximum absolute atomic E-state index is 12.2. The Morgan fingerprint density at radius 3 is 0.714 bits per heavy atom. The third-order valence-corrected chi connectivity index (χ3v) is 15.8. The van der Waals surface area contributed by atoms with Crippen molar-refractivity contribution in [1.82, 2.24) is 0 Å². The van der Waals surface area contributed by atoms with Gasteiger partial charge in [-0.15, -0.1) is 0 Å². The summed E-state index contributed by atoms with van der Waals surface area (Å²) < 4.78 is 451. The van der Waals surface area contributed by atoms with Crippen molar-refractivity contribution >= 4 is 101 Å². The van der Waals surface area contributed by atoms with Crippen LogP contribution in [0.15, 0.2) is 0 Å². The molecule has 0 spiro atoms. The van der Waals surface area contributed by atoms with Crippen molar-refractivity contribution in [2.45, 2.75) is 99.1 Å². The maximum atomic E-state index is 12.2. The summed E-state index contributed by atoms with van der Waals surface area (Å²) in [7, 11) is -49.9. The van der Waals surface area contributed by atoms with Gasteiger partial charge in [0.2, 0.25) is 0 Å². The third kappa shape index (κ3) is 43.4. The molecule has 0 unspecified atom stereocenters. The Morgan fingerprint density at radius 1 is 0.351 bits per heavy atom. The number of hydrogen-bond donors (Lipinski definition) is 0. The minimum absolute atomic E-state index is 0.186. The predicted octanol–water partition coefficient (Wildman–Crippen LogP) is 3.46. The summed E-state index contributed by atoms with van der Waals surface area (Å²) in [5, 5.41) is -7.11. The molecule has 476 valence electrons. The van der Waals surface area contributed by atoms with Gasteiger partial charge in [0, 0.05) is 36.0 Å². The number of rotatable bonds is 18. The second kappa shape index (κ2) is 31.4. The zero-order valence-electron chi connectivity index (χ0n) is 37.9. The van der Waals surface area contributed by atoms with Gasteiger partial charge in [-0.2, -0.15) is 79.0 Å². The van der Waals surface area contributed by atoms with Gasteiger partial charge in [0.15, 0.2) is 40.3 Å². The summed E-state index contributed by atoms with van der Waals surface area (Å²) in [5.41, 5.74) is -18.1. The zero-order chi connectivity index (χ0) is 65.0. The average Bonchev–Trinajstić information content (AvgIpc) is 3.07. The van der Waals surface area contributed by atoms with E-state index in [0.717, 1.165) is 10.5 Å². The van der Waals surface area contributed by atoms with Gasteiger partial charge >= 0.3 is 39.8 Å². The van der Waals surface area contributed by atoms with E-state index in [0.29, 0.717) is 50.9 Å². The van der Waals surface area contributed by atoms with E-state index in [4.69, 9.17) is 25.9 Å². The summed E-state index contributed by atoms with van der Waals surface area (Å²) >= 11 is 0. The Labute approximate surface area is 427 Å². The van der Waals surface area contributed by atoms with Gasteiger partial charge in [-0.3, -0.25) is 0 Å². The summed E-state index contributed by atoms with van der Waals surface area (Å²) in [6.07, 6.45) is -1.62. The zero-order valence-corrected chi connectivity index (χ0v) is 46.1. The molecule has 0 rings (SSSR count). The van der Waals surface area contributed by atoms with Gasteiger partial charge in [0.25, 0.3) is 0 Å². The van der Waals surface area contributed by atoms with Crippen LogP contribution in [0.4, 0.5) is 79.0 Å². The van der Waals surface area contributed by atoms with E-state index in [-0.39, 0.29) is 17.3 Å². The summed E-state index contributed by atoms with van der Waals surface area (Å²) in [5.74, 6) is -15.4. The Balaban J connectivity index is -0.000000153. The van der Waals surface area contributed by atoms with Gasteiger partial charge in [0.1, 0.15) is 0 Å². The van der Waals surface area contributed by atoms with E-state index >= 15 is 0 Å². The molecular formula is C22H36F18N3O24S10-7. The van der Waals surface area contributed by atoms with E-state index < -0.39 is 140 Å². The Hall–Kier alpha value is -2.04. The highest BCUT2D eigenvalue weighted by atomic mass is 32.3. The molecule has 0 heterocycles. The fraction of sp³-hybridized carbons (Fsp3) is 1.00. The Kier molecular flexibility index (Phi) is 36.2. The number of alkyl halides is 18. The van der Waals surface area contributed by atoms with Gasteiger partial charge in [-0.05, 0) is 19.3 Å². The van der Waals surface area contributed by atoms with E-state index in [1.807, 2.05) is 20.8 Å². The largest absolute Gasteiger partial charge is 0.748 e. The first-order chi connectivity index (χ1) is 32.6. The number of unbranched alkanes of at least 4 members (excludes halogenated alkanes) is 3. The highest BCUT2D eigenvalue weighted by Crippen LogP contribution is 2.54. The highest BCUT2D eigenvalue weighted by molar-refractivity contribution is 8.13. The Morgan fingerprint density at radius 2 is 0.584 bits per heavy atom. The van der Waals surface area contributed by atoms with Gasteiger partial charge in [-0.1, -0.05) is 40.0 Å². The molecule has 0 aromatic rings. The fourth-order valence-electron chi connectivity index (χ4n) is 2.20. The van der Waals surface area contributed by atoms with Crippen LogP contribution in [0.5, 0.6) is 0 Å². The fourth-order valence-corrected chi connectivity index (χ4v) is 10.2. The molecule has 0 aliphatic heterocycles. The van der Waals surface area contributed by atoms with Crippen molar-refractivity contribution in [3.63, 3.8) is 0 Å². The lowest BCUT2D eigenvalue weighted by molar-refractivity contribution is -0.382.